The Balaban J connectivity index is 1.90. The number of hydrogen-bond donors (Lipinski definition) is 1. The molecule has 7 nitrogen and oxygen atoms in total. The number of halogens is 2. The summed E-state index contributed by atoms with van der Waals surface area (Å²) in [6.07, 6.45) is 4.48. The first-order chi connectivity index (χ1) is 12.4. The summed E-state index contributed by atoms with van der Waals surface area (Å²) in [6.45, 7) is 0. The first-order valence-corrected chi connectivity index (χ1v) is 8.63. The Morgan fingerprint density at radius 3 is 2.65 bits per heavy atom. The molecule has 0 atom stereocenters. The lowest BCUT2D eigenvalue weighted by Gasteiger charge is -2.40. The molecule has 0 aliphatic heterocycles. The lowest BCUT2D eigenvalue weighted by atomic mass is 9.80. The number of aromatic nitrogens is 3. The van der Waals surface area contributed by atoms with Gasteiger partial charge in [-0.05, 0) is 25.0 Å². The van der Waals surface area contributed by atoms with Gasteiger partial charge in [0.2, 0.25) is 0 Å². The minimum absolute atomic E-state index is 0.0531. The Morgan fingerprint density at radius 2 is 2.00 bits per heavy atom. The highest BCUT2D eigenvalue weighted by Gasteiger charge is 2.46. The van der Waals surface area contributed by atoms with Gasteiger partial charge in [0.15, 0.2) is 11.5 Å². The molecule has 9 heteroatoms. The van der Waals surface area contributed by atoms with Gasteiger partial charge in [-0.25, -0.2) is 13.9 Å². The molecule has 1 aromatic carbocycles. The zero-order valence-electron chi connectivity index (χ0n) is 14.2. The van der Waals surface area contributed by atoms with E-state index in [1.807, 2.05) is 0 Å². The number of likely N-dealkylation sites (N-methyl/N-ethyl adjacent to an activating group) is 1. The molecular formula is C17H18ClFN4O3. The maximum Gasteiger partial charge on any atom is 0.329 e. The van der Waals surface area contributed by atoms with Gasteiger partial charge in [0.05, 0.1) is 11.2 Å². The summed E-state index contributed by atoms with van der Waals surface area (Å²) in [7, 11) is 1.46. The van der Waals surface area contributed by atoms with E-state index < -0.39 is 23.2 Å². The molecule has 1 fully saturated rings. The zero-order chi connectivity index (χ0) is 18.9. The van der Waals surface area contributed by atoms with Crippen LogP contribution in [0, 0.1) is 5.82 Å². The quantitative estimate of drug-likeness (QED) is 0.881. The molecule has 0 unspecified atom stereocenters. The van der Waals surface area contributed by atoms with Crippen molar-refractivity contribution in [1.29, 1.82) is 0 Å². The van der Waals surface area contributed by atoms with Gasteiger partial charge in [0.25, 0.3) is 5.91 Å². The van der Waals surface area contributed by atoms with Crippen molar-refractivity contribution in [3.63, 3.8) is 0 Å². The molecular weight excluding hydrogens is 363 g/mol. The van der Waals surface area contributed by atoms with Crippen molar-refractivity contribution in [3.05, 3.63) is 40.9 Å². The van der Waals surface area contributed by atoms with Gasteiger partial charge >= 0.3 is 5.97 Å². The minimum Gasteiger partial charge on any atom is -0.479 e. The highest BCUT2D eigenvalue weighted by atomic mass is 35.5. The molecule has 1 saturated carbocycles. The van der Waals surface area contributed by atoms with E-state index in [9.17, 15) is 19.1 Å². The smallest absolute Gasteiger partial charge is 0.329 e. The number of carbonyl (C=O) groups excluding carboxylic acids is 1. The number of hydrogen-bond acceptors (Lipinski definition) is 4. The lowest BCUT2D eigenvalue weighted by molar-refractivity contribution is -0.151. The highest BCUT2D eigenvalue weighted by molar-refractivity contribution is 6.30. The second-order valence-electron chi connectivity index (χ2n) is 6.38. The zero-order valence-corrected chi connectivity index (χ0v) is 14.9. The van der Waals surface area contributed by atoms with Gasteiger partial charge in [-0.3, -0.25) is 4.79 Å². The van der Waals surface area contributed by atoms with E-state index in [4.69, 9.17) is 11.6 Å². The van der Waals surface area contributed by atoms with Crippen LogP contribution in [0.1, 0.15) is 42.6 Å². The molecule has 0 saturated heterocycles. The Labute approximate surface area is 154 Å². The average Bonchev–Trinajstić information content (AvgIpc) is 3.13. The Hall–Kier alpha value is -2.48. The number of rotatable bonds is 4. The number of aliphatic carboxylic acids is 1. The summed E-state index contributed by atoms with van der Waals surface area (Å²) < 4.78 is 15.2. The molecule has 1 aliphatic rings. The van der Waals surface area contributed by atoms with Crippen LogP contribution >= 0.6 is 11.6 Å². The van der Waals surface area contributed by atoms with Crippen LogP contribution in [0.2, 0.25) is 5.02 Å². The van der Waals surface area contributed by atoms with Crippen LogP contribution in [-0.4, -0.2) is 49.5 Å². The predicted molar refractivity (Wildman–Crippen MR) is 91.9 cm³/mol. The maximum absolute atomic E-state index is 14.1. The van der Waals surface area contributed by atoms with Crippen molar-refractivity contribution in [2.24, 2.45) is 0 Å². The van der Waals surface area contributed by atoms with Gasteiger partial charge in [-0.2, -0.15) is 0 Å². The first-order valence-electron chi connectivity index (χ1n) is 8.25. The molecule has 1 amide bonds. The molecule has 26 heavy (non-hydrogen) atoms. The van der Waals surface area contributed by atoms with E-state index >= 15 is 0 Å². The van der Waals surface area contributed by atoms with Gasteiger partial charge in [-0.15, -0.1) is 5.10 Å². The first kappa shape index (κ1) is 18.3. The van der Waals surface area contributed by atoms with E-state index in [1.54, 1.807) is 6.07 Å². The fourth-order valence-electron chi connectivity index (χ4n) is 3.34. The topological polar surface area (TPSA) is 88.3 Å². The monoisotopic (exact) mass is 380 g/mol. The number of carbonyl (C=O) groups is 2. The average molecular weight is 381 g/mol. The molecule has 2 aromatic rings. The predicted octanol–water partition coefficient (Wildman–Crippen LogP) is 2.92. The van der Waals surface area contributed by atoms with Crippen LogP contribution in [-0.2, 0) is 4.79 Å². The summed E-state index contributed by atoms with van der Waals surface area (Å²) >= 11 is 5.76. The number of nitrogens with zero attached hydrogens (tertiary/aromatic N) is 4. The Bertz CT molecular complexity index is 848. The molecule has 0 spiro atoms. The number of benzene rings is 1. The molecule has 1 heterocycles. The fourth-order valence-corrected chi connectivity index (χ4v) is 3.51. The van der Waals surface area contributed by atoms with Crippen molar-refractivity contribution in [2.45, 2.75) is 37.6 Å². The molecule has 138 valence electrons. The SMILES string of the molecule is CN(C(=O)c1cn(-c2cccc(Cl)c2F)nn1)C1(C(=O)O)CCCCC1. The van der Waals surface area contributed by atoms with Gasteiger partial charge in [-0.1, -0.05) is 42.1 Å². The van der Waals surface area contributed by atoms with E-state index in [2.05, 4.69) is 10.3 Å². The second kappa shape index (κ2) is 7.03. The van der Waals surface area contributed by atoms with Crippen LogP contribution in [0.4, 0.5) is 4.39 Å². The van der Waals surface area contributed by atoms with Gasteiger partial charge in [0, 0.05) is 7.05 Å². The molecule has 0 bridgehead atoms. The summed E-state index contributed by atoms with van der Waals surface area (Å²) in [4.78, 5) is 25.9. The standard InChI is InChI=1S/C17H18ClFN4O3/c1-22(17(16(25)26)8-3-2-4-9-17)15(24)12-10-23(21-20-12)13-7-5-6-11(18)14(13)19/h5-7,10H,2-4,8-9H2,1H3,(H,25,26). The van der Waals surface area contributed by atoms with E-state index in [0.717, 1.165) is 23.9 Å². The third-order valence-corrected chi connectivity index (χ3v) is 5.21. The van der Waals surface area contributed by atoms with Gasteiger partial charge in [0.1, 0.15) is 11.2 Å². The Kier molecular flexibility index (Phi) is 4.95. The van der Waals surface area contributed by atoms with E-state index in [1.165, 1.54) is 30.3 Å². The molecule has 1 aromatic heterocycles. The molecule has 3 rings (SSSR count). The van der Waals surface area contributed by atoms with Crippen LogP contribution in [0.3, 0.4) is 0 Å². The number of carboxylic acid groups (broad SMARTS) is 1. The van der Waals surface area contributed by atoms with E-state index in [-0.39, 0.29) is 16.4 Å². The lowest BCUT2D eigenvalue weighted by Crippen LogP contribution is -2.56. The third kappa shape index (κ3) is 3.05. The summed E-state index contributed by atoms with van der Waals surface area (Å²) in [6, 6.07) is 4.40. The Morgan fingerprint density at radius 1 is 1.31 bits per heavy atom. The van der Waals surface area contributed by atoms with Crippen molar-refractivity contribution >= 4 is 23.5 Å². The third-order valence-electron chi connectivity index (χ3n) is 4.92. The summed E-state index contributed by atoms with van der Waals surface area (Å²) in [5.41, 5.74) is -1.25. The van der Waals surface area contributed by atoms with E-state index in [0.29, 0.717) is 12.8 Å². The minimum atomic E-state index is -1.25. The largest absolute Gasteiger partial charge is 0.479 e. The van der Waals surface area contributed by atoms with Crippen LogP contribution in [0.5, 0.6) is 0 Å². The fraction of sp³-hybridized carbons (Fsp3) is 0.412. The van der Waals surface area contributed by atoms with Crippen molar-refractivity contribution in [2.75, 3.05) is 7.05 Å². The van der Waals surface area contributed by atoms with Crippen molar-refractivity contribution < 1.29 is 19.1 Å². The second-order valence-corrected chi connectivity index (χ2v) is 6.79. The molecule has 0 radical (unpaired) electrons. The maximum atomic E-state index is 14.1. The summed E-state index contributed by atoms with van der Waals surface area (Å²) in [5.74, 6) is -2.27. The van der Waals surface area contributed by atoms with Crippen LogP contribution in [0.15, 0.2) is 24.4 Å². The molecule has 1 aliphatic carbocycles. The van der Waals surface area contributed by atoms with Gasteiger partial charge < -0.3 is 10.0 Å². The van der Waals surface area contributed by atoms with Crippen molar-refractivity contribution in [1.82, 2.24) is 19.9 Å². The number of carboxylic acids is 1. The van der Waals surface area contributed by atoms with Crippen LogP contribution < -0.4 is 0 Å². The molecule has 1 N–H and O–H groups in total. The summed E-state index contributed by atoms with van der Waals surface area (Å²) in [5, 5.41) is 17.2. The number of amides is 1. The van der Waals surface area contributed by atoms with Crippen LogP contribution in [0.25, 0.3) is 5.69 Å². The van der Waals surface area contributed by atoms with Crippen molar-refractivity contribution in [3.8, 4) is 5.69 Å². The normalized spacial score (nSPS) is 16.3. The highest BCUT2D eigenvalue weighted by Crippen LogP contribution is 2.34.